The Labute approximate surface area is 143 Å². The van der Waals surface area contributed by atoms with Crippen molar-refractivity contribution in [3.05, 3.63) is 53.6 Å². The van der Waals surface area contributed by atoms with Crippen LogP contribution in [0.15, 0.2) is 42.5 Å². The SMILES string of the molecule is COc1ccc(/C=C/C(=O)c2ccc(OCC(=O)O)cc2O)cc1O. The predicted molar refractivity (Wildman–Crippen MR) is 89.3 cm³/mol. The van der Waals surface area contributed by atoms with Gasteiger partial charge in [0, 0.05) is 6.07 Å². The number of allylic oxidation sites excluding steroid dienone is 1. The number of rotatable bonds is 7. The summed E-state index contributed by atoms with van der Waals surface area (Å²) in [6.45, 7) is -0.548. The molecule has 2 aromatic carbocycles. The average Bonchev–Trinajstić information content (AvgIpc) is 2.58. The number of carboxylic acids is 1. The van der Waals surface area contributed by atoms with E-state index in [1.165, 1.54) is 43.5 Å². The Morgan fingerprint density at radius 2 is 1.84 bits per heavy atom. The first-order chi connectivity index (χ1) is 11.9. The van der Waals surface area contributed by atoms with Gasteiger partial charge in [-0.2, -0.15) is 0 Å². The molecule has 3 N–H and O–H groups in total. The molecule has 0 saturated heterocycles. The summed E-state index contributed by atoms with van der Waals surface area (Å²) in [4.78, 5) is 22.6. The van der Waals surface area contributed by atoms with Crippen LogP contribution < -0.4 is 9.47 Å². The number of hydrogen-bond donors (Lipinski definition) is 3. The summed E-state index contributed by atoms with van der Waals surface area (Å²) >= 11 is 0. The van der Waals surface area contributed by atoms with Crippen LogP contribution in [0.4, 0.5) is 0 Å². The zero-order valence-electron chi connectivity index (χ0n) is 13.3. The van der Waals surface area contributed by atoms with Gasteiger partial charge in [-0.25, -0.2) is 4.79 Å². The van der Waals surface area contributed by atoms with Crippen molar-refractivity contribution in [1.82, 2.24) is 0 Å². The number of phenolic OH excluding ortho intramolecular Hbond substituents is 2. The number of carbonyl (C=O) groups is 2. The molecule has 2 aromatic rings. The number of carbonyl (C=O) groups excluding carboxylic acids is 1. The molecule has 130 valence electrons. The number of hydrogen-bond acceptors (Lipinski definition) is 6. The van der Waals surface area contributed by atoms with Gasteiger partial charge < -0.3 is 24.8 Å². The molecule has 25 heavy (non-hydrogen) atoms. The molecule has 0 bridgehead atoms. The van der Waals surface area contributed by atoms with Crippen molar-refractivity contribution in [2.45, 2.75) is 0 Å². The molecule has 7 heteroatoms. The van der Waals surface area contributed by atoms with Gasteiger partial charge in [0.15, 0.2) is 23.9 Å². The van der Waals surface area contributed by atoms with E-state index in [9.17, 15) is 19.8 Å². The normalized spacial score (nSPS) is 10.6. The third kappa shape index (κ3) is 4.74. The molecule has 0 atom stereocenters. The van der Waals surface area contributed by atoms with Crippen LogP contribution in [0.3, 0.4) is 0 Å². The van der Waals surface area contributed by atoms with Crippen molar-refractivity contribution in [1.29, 1.82) is 0 Å². The van der Waals surface area contributed by atoms with Crippen LogP contribution in [0.1, 0.15) is 15.9 Å². The molecule has 0 fully saturated rings. The zero-order valence-corrected chi connectivity index (χ0v) is 13.3. The van der Waals surface area contributed by atoms with Crippen LogP contribution >= 0.6 is 0 Å². The van der Waals surface area contributed by atoms with E-state index in [0.717, 1.165) is 0 Å². The summed E-state index contributed by atoms with van der Waals surface area (Å²) in [5.41, 5.74) is 0.615. The summed E-state index contributed by atoms with van der Waals surface area (Å²) in [5.74, 6) is -1.53. The van der Waals surface area contributed by atoms with Crippen LogP contribution in [0, 0.1) is 0 Å². The van der Waals surface area contributed by atoms with E-state index in [4.69, 9.17) is 14.6 Å². The molecule has 0 radical (unpaired) electrons. The molecule has 0 unspecified atom stereocenters. The lowest BCUT2D eigenvalue weighted by atomic mass is 10.1. The Balaban J connectivity index is 2.12. The molecule has 0 heterocycles. The quantitative estimate of drug-likeness (QED) is 0.522. The van der Waals surface area contributed by atoms with Crippen molar-refractivity contribution in [3.63, 3.8) is 0 Å². The second-order valence-corrected chi connectivity index (χ2v) is 4.99. The number of ketones is 1. The fourth-order valence-corrected chi connectivity index (χ4v) is 2.03. The van der Waals surface area contributed by atoms with Crippen LogP contribution in [0.2, 0.25) is 0 Å². The van der Waals surface area contributed by atoms with Crippen molar-refractivity contribution in [2.24, 2.45) is 0 Å². The van der Waals surface area contributed by atoms with Crippen molar-refractivity contribution in [3.8, 4) is 23.0 Å². The van der Waals surface area contributed by atoms with E-state index in [1.807, 2.05) is 0 Å². The first-order valence-electron chi connectivity index (χ1n) is 7.17. The van der Waals surface area contributed by atoms with Gasteiger partial charge in [0.2, 0.25) is 0 Å². The van der Waals surface area contributed by atoms with E-state index < -0.39 is 18.4 Å². The predicted octanol–water partition coefficient (Wildman–Crippen LogP) is 2.47. The topological polar surface area (TPSA) is 113 Å². The fourth-order valence-electron chi connectivity index (χ4n) is 2.03. The Bertz CT molecular complexity index is 824. The maximum absolute atomic E-state index is 12.2. The second-order valence-electron chi connectivity index (χ2n) is 4.99. The number of aliphatic carboxylic acids is 1. The summed E-state index contributed by atoms with van der Waals surface area (Å²) in [5, 5.41) is 28.1. The van der Waals surface area contributed by atoms with Gasteiger partial charge in [-0.1, -0.05) is 12.1 Å². The van der Waals surface area contributed by atoms with Crippen LogP contribution in [-0.2, 0) is 4.79 Å². The summed E-state index contributed by atoms with van der Waals surface area (Å²) < 4.78 is 9.85. The van der Waals surface area contributed by atoms with Gasteiger partial charge in [0.25, 0.3) is 0 Å². The third-order valence-corrected chi connectivity index (χ3v) is 3.23. The Morgan fingerprint density at radius 3 is 2.44 bits per heavy atom. The summed E-state index contributed by atoms with van der Waals surface area (Å²) in [7, 11) is 1.43. The number of carboxylic acid groups (broad SMARTS) is 1. The highest BCUT2D eigenvalue weighted by atomic mass is 16.5. The largest absolute Gasteiger partial charge is 0.507 e. The molecule has 0 aliphatic rings. The highest BCUT2D eigenvalue weighted by Crippen LogP contribution is 2.27. The molecule has 0 spiro atoms. The monoisotopic (exact) mass is 344 g/mol. The number of methoxy groups -OCH3 is 1. The van der Waals surface area contributed by atoms with Crippen molar-refractivity contribution < 1.29 is 34.4 Å². The van der Waals surface area contributed by atoms with E-state index >= 15 is 0 Å². The van der Waals surface area contributed by atoms with Gasteiger partial charge in [-0.05, 0) is 35.9 Å². The minimum Gasteiger partial charge on any atom is -0.507 e. The molecule has 0 aromatic heterocycles. The van der Waals surface area contributed by atoms with Crippen LogP contribution in [0.5, 0.6) is 23.0 Å². The molecule has 0 amide bonds. The number of benzene rings is 2. The lowest BCUT2D eigenvalue weighted by Crippen LogP contribution is -2.09. The Kier molecular flexibility index (Phi) is 5.62. The third-order valence-electron chi connectivity index (χ3n) is 3.23. The molecule has 0 aliphatic carbocycles. The van der Waals surface area contributed by atoms with Gasteiger partial charge in [0.1, 0.15) is 11.5 Å². The van der Waals surface area contributed by atoms with E-state index in [1.54, 1.807) is 12.1 Å². The minimum atomic E-state index is -1.15. The first kappa shape index (κ1) is 17.9. The maximum atomic E-state index is 12.2. The lowest BCUT2D eigenvalue weighted by molar-refractivity contribution is -0.139. The molecular weight excluding hydrogens is 328 g/mol. The number of ether oxygens (including phenoxy) is 2. The standard InChI is InChI=1S/C18H16O7/c1-24-17-7-3-11(8-16(17)21)2-6-14(19)13-5-4-12(9-15(13)20)25-10-18(22)23/h2-9,20-21H,10H2,1H3,(H,22,23)/b6-2+. The van der Waals surface area contributed by atoms with Crippen molar-refractivity contribution >= 4 is 17.8 Å². The molecule has 0 saturated carbocycles. The summed E-state index contributed by atoms with van der Waals surface area (Å²) in [6, 6.07) is 8.55. The minimum absolute atomic E-state index is 0.0386. The molecule has 7 nitrogen and oxygen atoms in total. The zero-order chi connectivity index (χ0) is 18.4. The van der Waals surface area contributed by atoms with E-state index in [2.05, 4.69) is 0 Å². The molecule has 2 rings (SSSR count). The maximum Gasteiger partial charge on any atom is 0.341 e. The first-order valence-corrected chi connectivity index (χ1v) is 7.17. The lowest BCUT2D eigenvalue weighted by Gasteiger charge is -2.06. The summed E-state index contributed by atoms with van der Waals surface area (Å²) in [6.07, 6.45) is 2.73. The highest BCUT2D eigenvalue weighted by molar-refractivity contribution is 6.08. The number of phenols is 2. The van der Waals surface area contributed by atoms with E-state index in [-0.39, 0.29) is 22.8 Å². The van der Waals surface area contributed by atoms with Gasteiger partial charge in [-0.15, -0.1) is 0 Å². The average molecular weight is 344 g/mol. The number of aromatic hydroxyl groups is 2. The second kappa shape index (κ2) is 7.87. The fraction of sp³-hybridized carbons (Fsp3) is 0.111. The van der Waals surface area contributed by atoms with E-state index in [0.29, 0.717) is 11.3 Å². The Morgan fingerprint density at radius 1 is 1.08 bits per heavy atom. The smallest absolute Gasteiger partial charge is 0.341 e. The van der Waals surface area contributed by atoms with Gasteiger partial charge >= 0.3 is 5.97 Å². The van der Waals surface area contributed by atoms with Gasteiger partial charge in [0.05, 0.1) is 12.7 Å². The molecular formula is C18H16O7. The Hall–Kier alpha value is -3.48. The van der Waals surface area contributed by atoms with Crippen LogP contribution in [0.25, 0.3) is 6.08 Å². The van der Waals surface area contributed by atoms with Gasteiger partial charge in [-0.3, -0.25) is 4.79 Å². The highest BCUT2D eigenvalue weighted by Gasteiger charge is 2.10. The van der Waals surface area contributed by atoms with Crippen molar-refractivity contribution in [2.75, 3.05) is 13.7 Å². The molecule has 0 aliphatic heterocycles. The van der Waals surface area contributed by atoms with Crippen LogP contribution in [-0.4, -0.2) is 40.8 Å².